The maximum Gasteiger partial charge on any atom is 0.130 e. The van der Waals surface area contributed by atoms with Crippen molar-refractivity contribution in [3.8, 4) is 0 Å². The molecular formula is C15H23FN2. The molecule has 0 spiro atoms. The summed E-state index contributed by atoms with van der Waals surface area (Å²) in [7, 11) is 0. The van der Waals surface area contributed by atoms with Crippen LogP contribution in [0.3, 0.4) is 0 Å². The predicted molar refractivity (Wildman–Crippen MR) is 74.3 cm³/mol. The van der Waals surface area contributed by atoms with Crippen molar-refractivity contribution in [2.24, 2.45) is 5.73 Å². The van der Waals surface area contributed by atoms with Gasteiger partial charge in [0.2, 0.25) is 0 Å². The molecule has 0 bridgehead atoms. The van der Waals surface area contributed by atoms with E-state index in [1.807, 2.05) is 13.0 Å². The molecular weight excluding hydrogens is 227 g/mol. The van der Waals surface area contributed by atoms with E-state index in [1.54, 1.807) is 6.07 Å². The molecule has 0 heterocycles. The van der Waals surface area contributed by atoms with E-state index in [-0.39, 0.29) is 11.9 Å². The molecule has 1 aliphatic rings. The first-order valence-electron chi connectivity index (χ1n) is 6.95. The molecule has 1 aromatic carbocycles. The molecule has 1 fully saturated rings. The monoisotopic (exact) mass is 250 g/mol. The van der Waals surface area contributed by atoms with Gasteiger partial charge in [0.1, 0.15) is 5.82 Å². The van der Waals surface area contributed by atoms with Crippen molar-refractivity contribution in [2.45, 2.75) is 51.6 Å². The minimum absolute atomic E-state index is 0.182. The summed E-state index contributed by atoms with van der Waals surface area (Å²) in [5.41, 5.74) is 7.58. The maximum absolute atomic E-state index is 14.0. The maximum atomic E-state index is 14.0. The summed E-state index contributed by atoms with van der Waals surface area (Å²) in [5.74, 6) is -0.182. The first-order valence-corrected chi connectivity index (χ1v) is 6.95. The Kier molecular flexibility index (Phi) is 4.23. The standard InChI is InChI=1S/C15H23FN2/c1-3-18(12-7-4-5-8-12)14-10-6-9-13(16)15(14)11(2)17/h6,9-12H,3-5,7-8,17H2,1-2H3/t11-/m1/s1. The van der Waals surface area contributed by atoms with Crippen molar-refractivity contribution in [3.05, 3.63) is 29.6 Å². The van der Waals surface area contributed by atoms with Gasteiger partial charge in [0.05, 0.1) is 0 Å². The number of nitrogens with zero attached hydrogens (tertiary/aromatic N) is 1. The molecule has 18 heavy (non-hydrogen) atoms. The van der Waals surface area contributed by atoms with Crippen LogP contribution in [-0.4, -0.2) is 12.6 Å². The first kappa shape index (κ1) is 13.3. The van der Waals surface area contributed by atoms with Crippen LogP contribution < -0.4 is 10.6 Å². The highest BCUT2D eigenvalue weighted by Gasteiger charge is 2.25. The van der Waals surface area contributed by atoms with Gasteiger partial charge in [-0.2, -0.15) is 0 Å². The molecule has 1 aromatic rings. The molecule has 0 amide bonds. The normalized spacial score (nSPS) is 18.0. The summed E-state index contributed by atoms with van der Waals surface area (Å²) in [4.78, 5) is 2.33. The molecule has 1 atom stereocenters. The van der Waals surface area contributed by atoms with Crippen LogP contribution in [0.4, 0.5) is 10.1 Å². The third-order valence-corrected chi connectivity index (χ3v) is 3.90. The quantitative estimate of drug-likeness (QED) is 0.884. The lowest BCUT2D eigenvalue weighted by atomic mass is 10.0. The van der Waals surface area contributed by atoms with Crippen LogP contribution in [0, 0.1) is 5.82 Å². The number of halogens is 1. The SMILES string of the molecule is CCN(c1cccc(F)c1[C@@H](C)N)C1CCCC1. The van der Waals surface area contributed by atoms with Gasteiger partial charge in [0.25, 0.3) is 0 Å². The predicted octanol–water partition coefficient (Wildman–Crippen LogP) is 3.61. The first-order chi connectivity index (χ1) is 8.65. The summed E-state index contributed by atoms with van der Waals surface area (Å²) in [6.45, 7) is 4.90. The van der Waals surface area contributed by atoms with Crippen LogP contribution in [0.1, 0.15) is 51.1 Å². The van der Waals surface area contributed by atoms with E-state index in [0.717, 1.165) is 12.2 Å². The van der Waals surface area contributed by atoms with E-state index in [9.17, 15) is 4.39 Å². The molecule has 0 aromatic heterocycles. The van der Waals surface area contributed by atoms with Crippen LogP contribution in [0.25, 0.3) is 0 Å². The Labute approximate surface area is 109 Å². The number of hydrogen-bond acceptors (Lipinski definition) is 2. The number of anilines is 1. The molecule has 1 saturated carbocycles. The number of hydrogen-bond donors (Lipinski definition) is 1. The van der Waals surface area contributed by atoms with Gasteiger partial charge in [0.15, 0.2) is 0 Å². The van der Waals surface area contributed by atoms with Gasteiger partial charge < -0.3 is 10.6 Å². The van der Waals surface area contributed by atoms with E-state index in [4.69, 9.17) is 5.73 Å². The smallest absolute Gasteiger partial charge is 0.130 e. The fourth-order valence-electron chi connectivity index (χ4n) is 3.07. The second-order valence-electron chi connectivity index (χ2n) is 5.19. The van der Waals surface area contributed by atoms with E-state index >= 15 is 0 Å². The molecule has 0 radical (unpaired) electrons. The van der Waals surface area contributed by atoms with Gasteiger partial charge in [0, 0.05) is 29.9 Å². The van der Waals surface area contributed by atoms with Crippen molar-refractivity contribution in [3.63, 3.8) is 0 Å². The molecule has 2 rings (SSSR count). The number of rotatable bonds is 4. The molecule has 2 nitrogen and oxygen atoms in total. The van der Waals surface area contributed by atoms with Gasteiger partial charge in [-0.05, 0) is 38.8 Å². The largest absolute Gasteiger partial charge is 0.368 e. The Balaban J connectivity index is 2.38. The summed E-state index contributed by atoms with van der Waals surface area (Å²) < 4.78 is 14.0. The third-order valence-electron chi connectivity index (χ3n) is 3.90. The lowest BCUT2D eigenvalue weighted by molar-refractivity contribution is 0.578. The van der Waals surface area contributed by atoms with E-state index in [0.29, 0.717) is 11.6 Å². The van der Waals surface area contributed by atoms with Crippen molar-refractivity contribution >= 4 is 5.69 Å². The minimum atomic E-state index is -0.267. The zero-order valence-electron chi connectivity index (χ0n) is 11.3. The summed E-state index contributed by atoms with van der Waals surface area (Å²) in [6, 6.07) is 5.58. The third kappa shape index (κ3) is 2.51. The van der Waals surface area contributed by atoms with E-state index in [2.05, 4.69) is 11.8 Å². The second-order valence-corrected chi connectivity index (χ2v) is 5.19. The van der Waals surface area contributed by atoms with Crippen molar-refractivity contribution in [1.82, 2.24) is 0 Å². The topological polar surface area (TPSA) is 29.3 Å². The molecule has 2 N–H and O–H groups in total. The average Bonchev–Trinajstić information content (AvgIpc) is 2.83. The van der Waals surface area contributed by atoms with Gasteiger partial charge in [-0.1, -0.05) is 18.9 Å². The van der Waals surface area contributed by atoms with Gasteiger partial charge >= 0.3 is 0 Å². The number of nitrogens with two attached hydrogens (primary N) is 1. The van der Waals surface area contributed by atoms with Crippen molar-refractivity contribution in [1.29, 1.82) is 0 Å². The van der Waals surface area contributed by atoms with E-state index < -0.39 is 0 Å². The Hall–Kier alpha value is -1.09. The van der Waals surface area contributed by atoms with Gasteiger partial charge in [-0.15, -0.1) is 0 Å². The van der Waals surface area contributed by atoms with Crippen LogP contribution in [0.15, 0.2) is 18.2 Å². The fraction of sp³-hybridized carbons (Fsp3) is 0.600. The lowest BCUT2D eigenvalue weighted by Gasteiger charge is -2.32. The molecule has 1 aliphatic carbocycles. The fourth-order valence-corrected chi connectivity index (χ4v) is 3.07. The van der Waals surface area contributed by atoms with Crippen LogP contribution >= 0.6 is 0 Å². The van der Waals surface area contributed by atoms with E-state index in [1.165, 1.54) is 31.7 Å². The summed E-state index contributed by atoms with van der Waals surface area (Å²) in [5, 5.41) is 0. The zero-order valence-corrected chi connectivity index (χ0v) is 11.3. The summed E-state index contributed by atoms with van der Waals surface area (Å²) >= 11 is 0. The Morgan fingerprint density at radius 2 is 2.06 bits per heavy atom. The van der Waals surface area contributed by atoms with Gasteiger partial charge in [-0.25, -0.2) is 4.39 Å². The van der Waals surface area contributed by atoms with Crippen LogP contribution in [0.5, 0.6) is 0 Å². The Morgan fingerprint density at radius 1 is 1.39 bits per heavy atom. The van der Waals surface area contributed by atoms with Crippen molar-refractivity contribution < 1.29 is 4.39 Å². The average molecular weight is 250 g/mol. The summed E-state index contributed by atoms with van der Waals surface area (Å²) in [6.07, 6.45) is 4.99. The molecule has 3 heteroatoms. The van der Waals surface area contributed by atoms with Crippen LogP contribution in [-0.2, 0) is 0 Å². The highest BCUT2D eigenvalue weighted by atomic mass is 19.1. The Bertz CT molecular complexity index is 397. The molecule has 100 valence electrons. The highest BCUT2D eigenvalue weighted by Crippen LogP contribution is 2.33. The van der Waals surface area contributed by atoms with Crippen molar-refractivity contribution in [2.75, 3.05) is 11.4 Å². The van der Waals surface area contributed by atoms with Crippen LogP contribution in [0.2, 0.25) is 0 Å². The highest BCUT2D eigenvalue weighted by molar-refractivity contribution is 5.56. The molecule has 0 saturated heterocycles. The zero-order chi connectivity index (χ0) is 13.1. The second kappa shape index (κ2) is 5.70. The number of benzene rings is 1. The van der Waals surface area contributed by atoms with Gasteiger partial charge in [-0.3, -0.25) is 0 Å². The Morgan fingerprint density at radius 3 is 2.61 bits per heavy atom. The lowest BCUT2D eigenvalue weighted by Crippen LogP contribution is -2.34. The molecule has 0 aliphatic heterocycles. The molecule has 0 unspecified atom stereocenters. The minimum Gasteiger partial charge on any atom is -0.368 e.